The number of carbonyl (C=O) groups excluding carboxylic acids is 1. The average molecular weight is 253 g/mol. The summed E-state index contributed by atoms with van der Waals surface area (Å²) in [5.41, 5.74) is 1.33. The number of carbonyl (C=O) groups is 1. The Morgan fingerprint density at radius 1 is 1.35 bits per heavy atom. The van der Waals surface area contributed by atoms with Crippen LogP contribution in [-0.4, -0.2) is 30.9 Å². The fraction of sp³-hybridized carbons (Fsp3) is 0.462. The molecule has 0 atom stereocenters. The summed E-state index contributed by atoms with van der Waals surface area (Å²) in [5.74, 6) is 2.04. The van der Waals surface area contributed by atoms with Crippen LogP contribution < -0.4 is 0 Å². The first-order valence-corrected chi connectivity index (χ1v) is 6.82. The van der Waals surface area contributed by atoms with E-state index in [2.05, 4.69) is 12.1 Å². The molecule has 1 rings (SSSR count). The summed E-state index contributed by atoms with van der Waals surface area (Å²) in [6.45, 7) is 0. The molecule has 0 heterocycles. The molecule has 0 aliphatic rings. The van der Waals surface area contributed by atoms with E-state index < -0.39 is 0 Å². The van der Waals surface area contributed by atoms with Crippen LogP contribution >= 0.6 is 11.8 Å². The monoisotopic (exact) mass is 253 g/mol. The summed E-state index contributed by atoms with van der Waals surface area (Å²) >= 11 is 1.86. The van der Waals surface area contributed by atoms with Gasteiger partial charge >= 0.3 is 0 Å². The minimum absolute atomic E-state index is 0.0350. The van der Waals surface area contributed by atoms with Crippen LogP contribution in [0.2, 0.25) is 0 Å². The van der Waals surface area contributed by atoms with Crippen molar-refractivity contribution in [1.29, 1.82) is 0 Å². The Bertz CT molecular complexity index is 329. The van der Waals surface area contributed by atoms with Crippen LogP contribution in [0.3, 0.4) is 0 Å². The van der Waals surface area contributed by atoms with Gasteiger partial charge in [0.2, 0.25) is 5.91 Å². The Hall–Kier alpha value is -1.00. The SMILES string of the molecule is CON(C)C(=O)CCCSCc1ccccc1. The van der Waals surface area contributed by atoms with E-state index in [1.165, 1.54) is 17.7 Å². The van der Waals surface area contributed by atoms with Gasteiger partial charge in [-0.3, -0.25) is 9.63 Å². The van der Waals surface area contributed by atoms with Crippen LogP contribution in [-0.2, 0) is 15.4 Å². The summed E-state index contributed by atoms with van der Waals surface area (Å²) in [7, 11) is 3.14. The number of hydrogen-bond acceptors (Lipinski definition) is 3. The molecule has 94 valence electrons. The molecule has 0 fully saturated rings. The van der Waals surface area contributed by atoms with Crippen molar-refractivity contribution in [2.75, 3.05) is 19.9 Å². The second-order valence-electron chi connectivity index (χ2n) is 3.72. The van der Waals surface area contributed by atoms with Crippen LogP contribution in [0.25, 0.3) is 0 Å². The van der Waals surface area contributed by atoms with E-state index in [0.717, 1.165) is 17.9 Å². The zero-order valence-corrected chi connectivity index (χ0v) is 11.2. The van der Waals surface area contributed by atoms with Crippen LogP contribution in [0.5, 0.6) is 0 Å². The molecule has 1 aromatic carbocycles. The largest absolute Gasteiger partial charge is 0.275 e. The predicted molar refractivity (Wildman–Crippen MR) is 71.6 cm³/mol. The Balaban J connectivity index is 2.07. The maximum Gasteiger partial charge on any atom is 0.245 e. The molecule has 0 saturated heterocycles. The molecule has 17 heavy (non-hydrogen) atoms. The van der Waals surface area contributed by atoms with Gasteiger partial charge in [0.1, 0.15) is 0 Å². The first kappa shape index (κ1) is 14.1. The highest BCUT2D eigenvalue weighted by Crippen LogP contribution is 2.13. The van der Waals surface area contributed by atoms with E-state index in [1.54, 1.807) is 7.05 Å². The van der Waals surface area contributed by atoms with E-state index >= 15 is 0 Å². The molecule has 0 radical (unpaired) electrons. The number of hydrogen-bond donors (Lipinski definition) is 0. The Morgan fingerprint density at radius 3 is 2.71 bits per heavy atom. The minimum atomic E-state index is 0.0350. The van der Waals surface area contributed by atoms with Gasteiger partial charge in [-0.25, -0.2) is 5.06 Å². The van der Waals surface area contributed by atoms with Crippen molar-refractivity contribution in [1.82, 2.24) is 5.06 Å². The second kappa shape index (κ2) is 8.14. The summed E-state index contributed by atoms with van der Waals surface area (Å²) in [5, 5.41) is 1.28. The summed E-state index contributed by atoms with van der Waals surface area (Å²) in [6, 6.07) is 10.4. The lowest BCUT2D eigenvalue weighted by Crippen LogP contribution is -2.25. The van der Waals surface area contributed by atoms with Gasteiger partial charge < -0.3 is 0 Å². The predicted octanol–water partition coefficient (Wildman–Crippen LogP) is 2.72. The molecule has 0 spiro atoms. The minimum Gasteiger partial charge on any atom is -0.275 e. The lowest BCUT2D eigenvalue weighted by Gasteiger charge is -2.12. The lowest BCUT2D eigenvalue weighted by atomic mass is 10.2. The Morgan fingerprint density at radius 2 is 2.06 bits per heavy atom. The van der Waals surface area contributed by atoms with Crippen LogP contribution in [0.1, 0.15) is 18.4 Å². The highest BCUT2D eigenvalue weighted by molar-refractivity contribution is 7.98. The fourth-order valence-corrected chi connectivity index (χ4v) is 2.27. The zero-order chi connectivity index (χ0) is 12.5. The zero-order valence-electron chi connectivity index (χ0n) is 10.4. The van der Waals surface area contributed by atoms with Gasteiger partial charge in [0.15, 0.2) is 0 Å². The topological polar surface area (TPSA) is 29.5 Å². The highest BCUT2D eigenvalue weighted by Gasteiger charge is 2.06. The molecule has 1 aromatic rings. The molecule has 0 aromatic heterocycles. The standard InChI is InChI=1S/C13H19NO2S/c1-14(16-2)13(15)9-6-10-17-11-12-7-4-3-5-8-12/h3-5,7-8H,6,9-11H2,1-2H3. The van der Waals surface area contributed by atoms with Crippen molar-refractivity contribution in [3.8, 4) is 0 Å². The number of thioether (sulfide) groups is 1. The molecular weight excluding hydrogens is 234 g/mol. The van der Waals surface area contributed by atoms with Gasteiger partial charge in [-0.15, -0.1) is 0 Å². The summed E-state index contributed by atoms with van der Waals surface area (Å²) < 4.78 is 0. The van der Waals surface area contributed by atoms with E-state index in [-0.39, 0.29) is 5.91 Å². The van der Waals surface area contributed by atoms with Crippen LogP contribution in [0, 0.1) is 0 Å². The van der Waals surface area contributed by atoms with E-state index in [9.17, 15) is 4.79 Å². The van der Waals surface area contributed by atoms with Crippen molar-refractivity contribution in [3.63, 3.8) is 0 Å². The van der Waals surface area contributed by atoms with Crippen molar-refractivity contribution in [2.45, 2.75) is 18.6 Å². The third-order valence-electron chi connectivity index (χ3n) is 2.42. The van der Waals surface area contributed by atoms with E-state index in [1.807, 2.05) is 30.0 Å². The van der Waals surface area contributed by atoms with Gasteiger partial charge in [-0.1, -0.05) is 30.3 Å². The number of nitrogens with zero attached hydrogens (tertiary/aromatic N) is 1. The number of hydroxylamine groups is 2. The summed E-state index contributed by atoms with van der Waals surface area (Å²) in [4.78, 5) is 16.2. The quantitative estimate of drug-likeness (QED) is 0.553. The normalized spacial score (nSPS) is 10.2. The molecule has 1 amide bonds. The maximum atomic E-state index is 11.4. The van der Waals surface area contributed by atoms with E-state index in [4.69, 9.17) is 4.84 Å². The average Bonchev–Trinajstić information content (AvgIpc) is 2.38. The molecule has 3 nitrogen and oxygen atoms in total. The maximum absolute atomic E-state index is 11.4. The van der Waals surface area contributed by atoms with Gasteiger partial charge in [0.05, 0.1) is 7.11 Å². The molecule has 4 heteroatoms. The number of amides is 1. The molecule has 0 aliphatic carbocycles. The fourth-order valence-electron chi connectivity index (χ4n) is 1.35. The van der Waals surface area contributed by atoms with Gasteiger partial charge in [-0.05, 0) is 17.7 Å². The van der Waals surface area contributed by atoms with Gasteiger partial charge in [0.25, 0.3) is 0 Å². The molecule has 0 saturated carbocycles. The molecule has 0 N–H and O–H groups in total. The van der Waals surface area contributed by atoms with Gasteiger partial charge in [0, 0.05) is 19.2 Å². The molecule has 0 bridgehead atoms. The van der Waals surface area contributed by atoms with Crippen molar-refractivity contribution >= 4 is 17.7 Å². The first-order chi connectivity index (χ1) is 8.24. The number of rotatable bonds is 7. The van der Waals surface area contributed by atoms with Crippen molar-refractivity contribution < 1.29 is 9.63 Å². The van der Waals surface area contributed by atoms with Crippen LogP contribution in [0.4, 0.5) is 0 Å². The molecular formula is C13H19NO2S. The third-order valence-corrected chi connectivity index (χ3v) is 3.53. The Labute approximate surface area is 107 Å². The van der Waals surface area contributed by atoms with Crippen molar-refractivity contribution in [2.24, 2.45) is 0 Å². The highest BCUT2D eigenvalue weighted by atomic mass is 32.2. The van der Waals surface area contributed by atoms with Crippen LogP contribution in [0.15, 0.2) is 30.3 Å². The first-order valence-electron chi connectivity index (χ1n) is 5.66. The van der Waals surface area contributed by atoms with Gasteiger partial charge in [-0.2, -0.15) is 11.8 Å². The van der Waals surface area contributed by atoms with E-state index in [0.29, 0.717) is 6.42 Å². The second-order valence-corrected chi connectivity index (χ2v) is 4.82. The third kappa shape index (κ3) is 5.75. The smallest absolute Gasteiger partial charge is 0.245 e. The number of benzene rings is 1. The Kier molecular flexibility index (Phi) is 6.74. The molecule has 0 aliphatic heterocycles. The molecule has 0 unspecified atom stereocenters. The van der Waals surface area contributed by atoms with Crippen molar-refractivity contribution in [3.05, 3.63) is 35.9 Å². The lowest BCUT2D eigenvalue weighted by molar-refractivity contribution is -0.168. The summed E-state index contributed by atoms with van der Waals surface area (Å²) in [6.07, 6.45) is 1.44.